The fraction of sp³-hybridized carbons (Fsp3) is 0.529. The highest BCUT2D eigenvalue weighted by atomic mass is 16.5. The summed E-state index contributed by atoms with van der Waals surface area (Å²) in [5.41, 5.74) is 2.56. The molecule has 0 amide bonds. The molecule has 1 aliphatic rings. The van der Waals surface area contributed by atoms with Crippen molar-refractivity contribution in [2.75, 3.05) is 19.8 Å². The first-order chi connectivity index (χ1) is 9.61. The minimum atomic E-state index is -0.0621. The molecule has 0 radical (unpaired) electrons. The monoisotopic (exact) mass is 275 g/mol. The maximum Gasteiger partial charge on any atom is 0.123 e. The van der Waals surface area contributed by atoms with E-state index < -0.39 is 0 Å². The molecule has 2 rings (SSSR count). The van der Waals surface area contributed by atoms with Gasteiger partial charge in [0.1, 0.15) is 11.4 Å². The molecular formula is C17H25NO2. The van der Waals surface area contributed by atoms with Gasteiger partial charge in [-0.15, -0.1) is 6.58 Å². The quantitative estimate of drug-likeness (QED) is 0.584. The van der Waals surface area contributed by atoms with Gasteiger partial charge in [0.25, 0.3) is 0 Å². The highest BCUT2D eigenvalue weighted by Crippen LogP contribution is 2.35. The van der Waals surface area contributed by atoms with Crippen LogP contribution in [0.5, 0.6) is 5.75 Å². The normalized spacial score (nSPS) is 15.7. The standard InChI is InChI=1S/C17H25NO2/c1-4-5-9-19-10-8-18-13-14-6-7-16-15(11-14)12-17(2,3)20-16/h4,6-7,11,18H,1,5,8-10,12-13H2,2-3H3. The number of nitrogens with one attached hydrogen (secondary N) is 1. The third-order valence-corrected chi connectivity index (χ3v) is 3.35. The van der Waals surface area contributed by atoms with Crippen molar-refractivity contribution < 1.29 is 9.47 Å². The van der Waals surface area contributed by atoms with Gasteiger partial charge < -0.3 is 14.8 Å². The lowest BCUT2D eigenvalue weighted by molar-refractivity contribution is 0.138. The summed E-state index contributed by atoms with van der Waals surface area (Å²) >= 11 is 0. The van der Waals surface area contributed by atoms with E-state index in [9.17, 15) is 0 Å². The molecule has 0 saturated carbocycles. The number of rotatable bonds is 8. The molecule has 0 aromatic heterocycles. The highest BCUT2D eigenvalue weighted by Gasteiger charge is 2.29. The molecule has 0 atom stereocenters. The van der Waals surface area contributed by atoms with Crippen LogP contribution in [0.2, 0.25) is 0 Å². The first kappa shape index (κ1) is 15.1. The molecule has 1 aliphatic heterocycles. The highest BCUT2D eigenvalue weighted by molar-refractivity contribution is 5.41. The molecular weight excluding hydrogens is 250 g/mol. The average molecular weight is 275 g/mol. The van der Waals surface area contributed by atoms with Crippen LogP contribution in [-0.2, 0) is 17.7 Å². The summed E-state index contributed by atoms with van der Waals surface area (Å²) in [6, 6.07) is 6.46. The molecule has 1 aromatic rings. The molecule has 0 bridgehead atoms. The summed E-state index contributed by atoms with van der Waals surface area (Å²) in [4.78, 5) is 0. The smallest absolute Gasteiger partial charge is 0.123 e. The van der Waals surface area contributed by atoms with Gasteiger partial charge in [0, 0.05) is 19.5 Å². The second-order valence-corrected chi connectivity index (χ2v) is 5.85. The second-order valence-electron chi connectivity index (χ2n) is 5.85. The summed E-state index contributed by atoms with van der Waals surface area (Å²) in [5, 5.41) is 3.40. The van der Waals surface area contributed by atoms with Crippen molar-refractivity contribution in [1.29, 1.82) is 0 Å². The minimum absolute atomic E-state index is 0.0621. The SMILES string of the molecule is C=CCCOCCNCc1ccc2c(c1)CC(C)(C)O2. The van der Waals surface area contributed by atoms with Gasteiger partial charge in [0.2, 0.25) is 0 Å². The number of ether oxygens (including phenoxy) is 2. The summed E-state index contributed by atoms with van der Waals surface area (Å²) in [5.74, 6) is 1.03. The maximum absolute atomic E-state index is 5.88. The van der Waals surface area contributed by atoms with Crippen LogP contribution in [0.4, 0.5) is 0 Å². The molecule has 0 unspecified atom stereocenters. The Morgan fingerprint density at radius 2 is 2.25 bits per heavy atom. The maximum atomic E-state index is 5.88. The van der Waals surface area contributed by atoms with Crippen LogP contribution >= 0.6 is 0 Å². The lowest BCUT2D eigenvalue weighted by Gasteiger charge is -2.16. The summed E-state index contributed by atoms with van der Waals surface area (Å²) < 4.78 is 11.3. The second kappa shape index (κ2) is 6.91. The van der Waals surface area contributed by atoms with Crippen LogP contribution in [0, 0.1) is 0 Å². The Kier molecular flexibility index (Phi) is 5.21. The lowest BCUT2D eigenvalue weighted by atomic mass is 10.0. The Balaban J connectivity index is 1.71. The van der Waals surface area contributed by atoms with Crippen LogP contribution in [0.15, 0.2) is 30.9 Å². The zero-order chi connectivity index (χ0) is 14.4. The summed E-state index contributed by atoms with van der Waals surface area (Å²) in [7, 11) is 0. The molecule has 0 fully saturated rings. The van der Waals surface area contributed by atoms with E-state index in [1.807, 2.05) is 6.08 Å². The van der Waals surface area contributed by atoms with Gasteiger partial charge in [-0.25, -0.2) is 0 Å². The number of fused-ring (bicyclic) bond motifs is 1. The Hall–Kier alpha value is -1.32. The van der Waals surface area contributed by atoms with Crippen molar-refractivity contribution >= 4 is 0 Å². The minimum Gasteiger partial charge on any atom is -0.487 e. The van der Waals surface area contributed by atoms with E-state index in [4.69, 9.17) is 9.47 Å². The van der Waals surface area contributed by atoms with Crippen LogP contribution < -0.4 is 10.1 Å². The molecule has 1 heterocycles. The summed E-state index contributed by atoms with van der Waals surface area (Å²) in [6.07, 6.45) is 3.78. The first-order valence-electron chi connectivity index (χ1n) is 7.31. The molecule has 110 valence electrons. The molecule has 3 nitrogen and oxygen atoms in total. The average Bonchev–Trinajstić information content (AvgIpc) is 2.71. The van der Waals surface area contributed by atoms with Gasteiger partial charge in [0.05, 0.1) is 13.2 Å². The molecule has 0 spiro atoms. The van der Waals surface area contributed by atoms with Crippen LogP contribution in [0.3, 0.4) is 0 Å². The predicted molar refractivity (Wildman–Crippen MR) is 82.2 cm³/mol. The summed E-state index contributed by atoms with van der Waals surface area (Å²) in [6.45, 7) is 11.2. The third-order valence-electron chi connectivity index (χ3n) is 3.35. The van der Waals surface area contributed by atoms with Gasteiger partial charge in [-0.1, -0.05) is 18.2 Å². The van der Waals surface area contributed by atoms with Crippen molar-refractivity contribution in [3.63, 3.8) is 0 Å². The Labute approximate surface area is 122 Å². The largest absolute Gasteiger partial charge is 0.487 e. The number of benzene rings is 1. The fourth-order valence-corrected chi connectivity index (χ4v) is 2.42. The number of hydrogen-bond acceptors (Lipinski definition) is 3. The third kappa shape index (κ3) is 4.36. The molecule has 1 aromatic carbocycles. The van der Waals surface area contributed by atoms with E-state index in [1.54, 1.807) is 0 Å². The zero-order valence-electron chi connectivity index (χ0n) is 12.6. The first-order valence-corrected chi connectivity index (χ1v) is 7.31. The van der Waals surface area contributed by atoms with Gasteiger partial charge in [0.15, 0.2) is 0 Å². The topological polar surface area (TPSA) is 30.5 Å². The molecule has 1 N–H and O–H groups in total. The van der Waals surface area contributed by atoms with Crippen LogP contribution in [0.1, 0.15) is 31.4 Å². The fourth-order valence-electron chi connectivity index (χ4n) is 2.42. The lowest BCUT2D eigenvalue weighted by Crippen LogP contribution is -2.24. The van der Waals surface area contributed by atoms with Crippen molar-refractivity contribution in [2.24, 2.45) is 0 Å². The van der Waals surface area contributed by atoms with Crippen LogP contribution in [0.25, 0.3) is 0 Å². The van der Waals surface area contributed by atoms with E-state index in [0.717, 1.165) is 44.9 Å². The van der Waals surface area contributed by atoms with Crippen molar-refractivity contribution in [2.45, 2.75) is 38.8 Å². The Bertz CT molecular complexity index is 454. The van der Waals surface area contributed by atoms with Crippen LogP contribution in [-0.4, -0.2) is 25.4 Å². The van der Waals surface area contributed by atoms with E-state index in [2.05, 4.69) is 43.9 Å². The number of hydrogen-bond donors (Lipinski definition) is 1. The van der Waals surface area contributed by atoms with E-state index in [0.29, 0.717) is 0 Å². The molecule has 3 heteroatoms. The van der Waals surface area contributed by atoms with E-state index >= 15 is 0 Å². The predicted octanol–water partition coefficient (Wildman–Crippen LogP) is 3.08. The van der Waals surface area contributed by atoms with Crippen molar-refractivity contribution in [3.8, 4) is 5.75 Å². The van der Waals surface area contributed by atoms with E-state index in [1.165, 1.54) is 11.1 Å². The molecule has 20 heavy (non-hydrogen) atoms. The van der Waals surface area contributed by atoms with Gasteiger partial charge in [-0.2, -0.15) is 0 Å². The van der Waals surface area contributed by atoms with Crippen molar-refractivity contribution in [1.82, 2.24) is 5.32 Å². The molecule has 0 saturated heterocycles. The van der Waals surface area contributed by atoms with Gasteiger partial charge in [-0.05, 0) is 37.5 Å². The molecule has 0 aliphatic carbocycles. The van der Waals surface area contributed by atoms with E-state index in [-0.39, 0.29) is 5.60 Å². The van der Waals surface area contributed by atoms with Crippen molar-refractivity contribution in [3.05, 3.63) is 42.0 Å². The Morgan fingerprint density at radius 3 is 3.05 bits per heavy atom. The van der Waals surface area contributed by atoms with Gasteiger partial charge in [-0.3, -0.25) is 0 Å². The zero-order valence-corrected chi connectivity index (χ0v) is 12.6. The van der Waals surface area contributed by atoms with Gasteiger partial charge >= 0.3 is 0 Å². The Morgan fingerprint density at radius 1 is 1.40 bits per heavy atom.